The van der Waals surface area contributed by atoms with Gasteiger partial charge in [0.15, 0.2) is 0 Å². The summed E-state index contributed by atoms with van der Waals surface area (Å²) in [5, 5.41) is 16.3. The van der Waals surface area contributed by atoms with Crippen LogP contribution in [0, 0.1) is 0 Å². The van der Waals surface area contributed by atoms with E-state index in [0.29, 0.717) is 12.3 Å². The maximum absolute atomic E-state index is 13.2. The Morgan fingerprint density at radius 3 is 1.35 bits per heavy atom. The second-order valence-corrected chi connectivity index (χ2v) is 18.5. The van der Waals surface area contributed by atoms with Gasteiger partial charge in [-0.15, -0.1) is 0 Å². The number of nitrogens with one attached hydrogen (secondary N) is 5. The lowest BCUT2D eigenvalue weighted by Gasteiger charge is -2.18. The Balaban J connectivity index is 4.18. The number of carbonyl (C=O) groups excluding carboxylic acids is 2. The van der Waals surface area contributed by atoms with Gasteiger partial charge in [0.1, 0.15) is 6.04 Å². The number of unbranched alkanes of at least 4 members (excludes halogenated alkanes) is 25. The molecule has 0 fully saturated rings. The standard InChI is InChI=1S/C45H94N6O2S2/c1-3-5-7-9-11-13-15-16-17-18-19-20-21-23-25-27-39-50-45(53)43(42-55-54-40-30-26-24-22-14-12-10-8-6-4-2)51-44(52)41-49-38-32-37-48-35-29-28-34-47-36-31-33-46/h43,47-49H,3-42,46H2,1-2H3,(H,50,53)(H,51,52)/t43-/m0/s1. The zero-order valence-electron chi connectivity index (χ0n) is 36.6. The Bertz CT molecular complexity index is 782. The summed E-state index contributed by atoms with van der Waals surface area (Å²) < 4.78 is 0. The fraction of sp³-hybridized carbons (Fsp3) is 0.956. The van der Waals surface area contributed by atoms with Crippen molar-refractivity contribution >= 4 is 33.4 Å². The van der Waals surface area contributed by atoms with Gasteiger partial charge in [-0.2, -0.15) is 0 Å². The summed E-state index contributed by atoms with van der Waals surface area (Å²) in [6.45, 7) is 11.0. The number of rotatable bonds is 47. The van der Waals surface area contributed by atoms with Crippen LogP contribution >= 0.6 is 21.6 Å². The predicted octanol–water partition coefficient (Wildman–Crippen LogP) is 10.4. The summed E-state index contributed by atoms with van der Waals surface area (Å²) in [7, 11) is 3.57. The molecule has 0 aromatic rings. The minimum atomic E-state index is -0.493. The van der Waals surface area contributed by atoms with Gasteiger partial charge in [-0.25, -0.2) is 0 Å². The summed E-state index contributed by atoms with van der Waals surface area (Å²) in [4.78, 5) is 26.0. The molecule has 0 rings (SSSR count). The zero-order chi connectivity index (χ0) is 40.0. The normalized spacial score (nSPS) is 12.0. The highest BCUT2D eigenvalue weighted by atomic mass is 33.1. The van der Waals surface area contributed by atoms with Crippen LogP contribution in [-0.4, -0.2) is 81.7 Å². The summed E-state index contributed by atoms with van der Waals surface area (Å²) in [5.41, 5.74) is 5.53. The Morgan fingerprint density at radius 2 is 0.855 bits per heavy atom. The van der Waals surface area contributed by atoms with Gasteiger partial charge in [-0.05, 0) is 77.8 Å². The average molecular weight is 815 g/mol. The number of hydrogen-bond acceptors (Lipinski definition) is 8. The molecule has 8 nitrogen and oxygen atoms in total. The SMILES string of the molecule is CCCCCCCCCCCCCCCCCCNC(=O)[C@H](CSSCCCCCCCCCCCC)NC(=O)CNCCCNCCCCNCCCN. The molecule has 0 spiro atoms. The quantitative estimate of drug-likeness (QED) is 0.0265. The third-order valence-corrected chi connectivity index (χ3v) is 12.9. The fourth-order valence-electron chi connectivity index (χ4n) is 6.78. The van der Waals surface area contributed by atoms with Crippen LogP contribution in [-0.2, 0) is 9.59 Å². The fourth-order valence-corrected chi connectivity index (χ4v) is 9.09. The topological polar surface area (TPSA) is 120 Å². The predicted molar refractivity (Wildman–Crippen MR) is 247 cm³/mol. The first kappa shape index (κ1) is 54.5. The van der Waals surface area contributed by atoms with E-state index in [1.807, 2.05) is 10.8 Å². The van der Waals surface area contributed by atoms with E-state index >= 15 is 0 Å². The van der Waals surface area contributed by atoms with Crippen LogP contribution in [0.15, 0.2) is 0 Å². The third kappa shape index (κ3) is 44.4. The molecule has 0 aliphatic rings. The first-order valence-electron chi connectivity index (χ1n) is 23.8. The Labute approximate surface area is 350 Å². The Kier molecular flexibility index (Phi) is 47.4. The van der Waals surface area contributed by atoms with E-state index in [4.69, 9.17) is 5.73 Å². The molecular formula is C45H94N6O2S2. The molecule has 0 aromatic heterocycles. The molecule has 0 unspecified atom stereocenters. The molecule has 0 radical (unpaired) electrons. The van der Waals surface area contributed by atoms with Gasteiger partial charge in [-0.3, -0.25) is 9.59 Å². The molecule has 0 bridgehead atoms. The maximum atomic E-state index is 13.2. The molecule has 0 aromatic carbocycles. The summed E-state index contributed by atoms with van der Waals surface area (Å²) in [6, 6.07) is -0.493. The Morgan fingerprint density at radius 1 is 0.455 bits per heavy atom. The molecule has 0 heterocycles. The summed E-state index contributed by atoms with van der Waals surface area (Å²) in [6.07, 6.45) is 39.3. The molecule has 0 aliphatic heterocycles. The molecule has 328 valence electrons. The summed E-state index contributed by atoms with van der Waals surface area (Å²) >= 11 is 0. The van der Waals surface area contributed by atoms with Crippen LogP contribution < -0.4 is 32.3 Å². The Hall–Kier alpha value is -0.520. The molecule has 10 heteroatoms. The minimum absolute atomic E-state index is 0.0415. The summed E-state index contributed by atoms with van der Waals surface area (Å²) in [5.74, 6) is 1.56. The van der Waals surface area contributed by atoms with Crippen LogP contribution in [0.2, 0.25) is 0 Å². The second-order valence-electron chi connectivity index (χ2n) is 15.9. The lowest BCUT2D eigenvalue weighted by Crippen LogP contribution is -2.50. The van der Waals surface area contributed by atoms with Crippen LogP contribution in [0.3, 0.4) is 0 Å². The maximum Gasteiger partial charge on any atom is 0.243 e. The molecule has 0 aliphatic carbocycles. The number of hydrogen-bond donors (Lipinski definition) is 6. The number of carbonyl (C=O) groups is 2. The zero-order valence-corrected chi connectivity index (χ0v) is 38.2. The van der Waals surface area contributed by atoms with Crippen LogP contribution in [0.4, 0.5) is 0 Å². The van der Waals surface area contributed by atoms with Crippen molar-refractivity contribution in [3.63, 3.8) is 0 Å². The van der Waals surface area contributed by atoms with Crippen molar-refractivity contribution in [2.75, 3.05) is 63.9 Å². The van der Waals surface area contributed by atoms with E-state index in [9.17, 15) is 9.59 Å². The van der Waals surface area contributed by atoms with E-state index in [1.165, 1.54) is 161 Å². The average Bonchev–Trinajstić information content (AvgIpc) is 3.19. The minimum Gasteiger partial charge on any atom is -0.354 e. The van der Waals surface area contributed by atoms with Gasteiger partial charge in [0.2, 0.25) is 11.8 Å². The smallest absolute Gasteiger partial charge is 0.243 e. The van der Waals surface area contributed by atoms with E-state index in [1.54, 1.807) is 10.8 Å². The van der Waals surface area contributed by atoms with Gasteiger partial charge < -0.3 is 32.3 Å². The van der Waals surface area contributed by atoms with Crippen molar-refractivity contribution < 1.29 is 9.59 Å². The molecule has 2 amide bonds. The van der Waals surface area contributed by atoms with Crippen molar-refractivity contribution in [2.45, 2.75) is 213 Å². The van der Waals surface area contributed by atoms with Gasteiger partial charge in [0.05, 0.1) is 6.54 Å². The molecule has 7 N–H and O–H groups in total. The first-order chi connectivity index (χ1) is 27.2. The van der Waals surface area contributed by atoms with Crippen LogP contribution in [0.25, 0.3) is 0 Å². The van der Waals surface area contributed by atoms with E-state index in [0.717, 1.165) is 77.1 Å². The van der Waals surface area contributed by atoms with Crippen molar-refractivity contribution in [1.82, 2.24) is 26.6 Å². The number of amides is 2. The second kappa shape index (κ2) is 47.9. The van der Waals surface area contributed by atoms with Crippen LogP contribution in [0.1, 0.15) is 206 Å². The van der Waals surface area contributed by atoms with E-state index < -0.39 is 6.04 Å². The highest BCUT2D eigenvalue weighted by Gasteiger charge is 2.20. The molecule has 0 saturated heterocycles. The largest absolute Gasteiger partial charge is 0.354 e. The highest BCUT2D eigenvalue weighted by Crippen LogP contribution is 2.24. The van der Waals surface area contributed by atoms with Gasteiger partial charge in [0, 0.05) is 18.1 Å². The van der Waals surface area contributed by atoms with Crippen molar-refractivity contribution in [3.05, 3.63) is 0 Å². The van der Waals surface area contributed by atoms with Gasteiger partial charge in [0.25, 0.3) is 0 Å². The molecule has 1 atom stereocenters. The van der Waals surface area contributed by atoms with E-state index in [-0.39, 0.29) is 18.4 Å². The lowest BCUT2D eigenvalue weighted by atomic mass is 10.0. The lowest BCUT2D eigenvalue weighted by molar-refractivity contribution is -0.128. The monoisotopic (exact) mass is 815 g/mol. The number of nitrogens with two attached hydrogens (primary N) is 1. The first-order valence-corrected chi connectivity index (χ1v) is 26.3. The highest BCUT2D eigenvalue weighted by molar-refractivity contribution is 8.76. The molecular weight excluding hydrogens is 721 g/mol. The van der Waals surface area contributed by atoms with Crippen molar-refractivity contribution in [1.29, 1.82) is 0 Å². The van der Waals surface area contributed by atoms with Gasteiger partial charge >= 0.3 is 0 Å². The van der Waals surface area contributed by atoms with Crippen LogP contribution in [0.5, 0.6) is 0 Å². The molecule has 55 heavy (non-hydrogen) atoms. The molecule has 0 saturated carbocycles. The van der Waals surface area contributed by atoms with E-state index in [2.05, 4.69) is 40.4 Å². The third-order valence-electron chi connectivity index (χ3n) is 10.4. The van der Waals surface area contributed by atoms with Crippen molar-refractivity contribution in [2.24, 2.45) is 5.73 Å². The van der Waals surface area contributed by atoms with Gasteiger partial charge in [-0.1, -0.05) is 190 Å². The van der Waals surface area contributed by atoms with Crippen molar-refractivity contribution in [3.8, 4) is 0 Å².